The van der Waals surface area contributed by atoms with E-state index in [0.717, 1.165) is 39.9 Å². The second kappa shape index (κ2) is 6.48. The van der Waals surface area contributed by atoms with Gasteiger partial charge in [-0.3, -0.25) is 4.79 Å². The molecule has 5 heteroatoms. The zero-order valence-electron chi connectivity index (χ0n) is 13.9. The van der Waals surface area contributed by atoms with Crippen molar-refractivity contribution in [1.82, 2.24) is 9.78 Å². The van der Waals surface area contributed by atoms with Gasteiger partial charge in [-0.1, -0.05) is 24.3 Å². The number of amides is 1. The lowest BCUT2D eigenvalue weighted by Crippen LogP contribution is -2.17. The molecule has 25 heavy (non-hydrogen) atoms. The van der Waals surface area contributed by atoms with Crippen LogP contribution in [0.1, 0.15) is 40.5 Å². The Hall–Kier alpha value is -2.40. The van der Waals surface area contributed by atoms with Crippen LogP contribution in [0, 0.1) is 6.92 Å². The number of carbonyl (C=O) groups excluding carboxylic acids is 1. The largest absolute Gasteiger partial charge is 0.320 e. The molecule has 1 heterocycles. The lowest BCUT2D eigenvalue weighted by molar-refractivity contribution is 0.101. The Morgan fingerprint density at radius 3 is 2.60 bits per heavy atom. The van der Waals surface area contributed by atoms with Crippen LogP contribution in [0.2, 0.25) is 0 Å². The molecule has 1 amide bonds. The third kappa shape index (κ3) is 3.37. The topological polar surface area (TPSA) is 46.9 Å². The molecular weight excluding hydrogens is 378 g/mol. The monoisotopic (exact) mass is 395 g/mol. The number of aromatic nitrogens is 2. The van der Waals surface area contributed by atoms with E-state index >= 15 is 0 Å². The minimum absolute atomic E-state index is 0.159. The van der Waals surface area contributed by atoms with Crippen molar-refractivity contribution in [2.75, 3.05) is 5.32 Å². The number of aryl methyl sites for hydroxylation is 1. The Morgan fingerprint density at radius 2 is 1.92 bits per heavy atom. The molecule has 1 N–H and O–H groups in total. The van der Waals surface area contributed by atoms with E-state index < -0.39 is 0 Å². The average molecular weight is 396 g/mol. The fourth-order valence-electron chi connectivity index (χ4n) is 2.81. The Bertz CT molecular complexity index is 929. The Morgan fingerprint density at radius 1 is 1.16 bits per heavy atom. The second-order valence-corrected chi connectivity index (χ2v) is 7.27. The van der Waals surface area contributed by atoms with Gasteiger partial charge in [-0.15, -0.1) is 0 Å². The van der Waals surface area contributed by atoms with E-state index in [-0.39, 0.29) is 5.91 Å². The highest BCUT2D eigenvalue weighted by Gasteiger charge is 2.29. The van der Waals surface area contributed by atoms with Crippen molar-refractivity contribution in [3.63, 3.8) is 0 Å². The van der Waals surface area contributed by atoms with Crippen molar-refractivity contribution in [3.05, 3.63) is 76.0 Å². The van der Waals surface area contributed by atoms with Crippen LogP contribution < -0.4 is 5.32 Å². The van der Waals surface area contributed by atoms with E-state index in [1.54, 1.807) is 4.68 Å². The van der Waals surface area contributed by atoms with Crippen LogP contribution in [0.5, 0.6) is 0 Å². The molecule has 0 spiro atoms. The Labute approximate surface area is 155 Å². The van der Waals surface area contributed by atoms with Crippen molar-refractivity contribution in [2.24, 2.45) is 0 Å². The van der Waals surface area contributed by atoms with Gasteiger partial charge in [0, 0.05) is 10.4 Å². The third-order valence-corrected chi connectivity index (χ3v) is 4.99. The average Bonchev–Trinajstić information content (AvgIpc) is 3.36. The first-order valence-electron chi connectivity index (χ1n) is 8.35. The van der Waals surface area contributed by atoms with Crippen molar-refractivity contribution < 1.29 is 4.79 Å². The number of hydrogen-bond donors (Lipinski definition) is 1. The molecule has 0 radical (unpaired) electrons. The number of halogens is 1. The van der Waals surface area contributed by atoms with Crippen LogP contribution in [0.25, 0.3) is 5.69 Å². The molecule has 0 unspecified atom stereocenters. The molecule has 1 aromatic heterocycles. The molecule has 126 valence electrons. The maximum Gasteiger partial charge on any atom is 0.274 e. The molecule has 0 aliphatic heterocycles. The fraction of sp³-hybridized carbons (Fsp3) is 0.200. The molecular formula is C20H18BrN3O. The van der Waals surface area contributed by atoms with E-state index in [4.69, 9.17) is 0 Å². The number of anilines is 1. The fourth-order valence-corrected chi connectivity index (χ4v) is 3.41. The van der Waals surface area contributed by atoms with Crippen molar-refractivity contribution in [3.8, 4) is 5.69 Å². The van der Waals surface area contributed by atoms with Gasteiger partial charge < -0.3 is 5.32 Å². The van der Waals surface area contributed by atoms with Gasteiger partial charge in [0.25, 0.3) is 5.91 Å². The summed E-state index contributed by atoms with van der Waals surface area (Å²) in [6.45, 7) is 2.02. The summed E-state index contributed by atoms with van der Waals surface area (Å²) in [5.41, 5.74) is 4.33. The normalized spacial score (nSPS) is 13.7. The van der Waals surface area contributed by atoms with Crippen LogP contribution in [-0.2, 0) is 0 Å². The van der Waals surface area contributed by atoms with Crippen LogP contribution in [0.15, 0.2) is 59.1 Å². The van der Waals surface area contributed by atoms with Gasteiger partial charge in [0.05, 0.1) is 17.1 Å². The molecule has 0 saturated heterocycles. The summed E-state index contributed by atoms with van der Waals surface area (Å²) >= 11 is 3.51. The molecule has 1 aliphatic carbocycles. The zero-order valence-corrected chi connectivity index (χ0v) is 15.5. The number of rotatable bonds is 4. The standard InChI is InChI=1S/C20H18BrN3O/c1-13-7-10-17(16(21)11-13)22-20(25)19-12-18(14-8-9-14)23-24(19)15-5-3-2-4-6-15/h2-7,10-12,14H,8-9H2,1H3,(H,22,25). The summed E-state index contributed by atoms with van der Waals surface area (Å²) in [7, 11) is 0. The lowest BCUT2D eigenvalue weighted by Gasteiger charge is -2.10. The van der Waals surface area contributed by atoms with E-state index in [2.05, 4.69) is 26.3 Å². The van der Waals surface area contributed by atoms with E-state index in [1.165, 1.54) is 0 Å². The van der Waals surface area contributed by atoms with Gasteiger partial charge >= 0.3 is 0 Å². The van der Waals surface area contributed by atoms with Crippen molar-refractivity contribution in [1.29, 1.82) is 0 Å². The van der Waals surface area contributed by atoms with Crippen LogP contribution in [0.4, 0.5) is 5.69 Å². The summed E-state index contributed by atoms with van der Waals surface area (Å²) < 4.78 is 2.61. The van der Waals surface area contributed by atoms with Gasteiger partial charge in [-0.2, -0.15) is 5.10 Å². The van der Waals surface area contributed by atoms with E-state index in [9.17, 15) is 4.79 Å². The van der Waals surface area contributed by atoms with Gasteiger partial charge in [0.2, 0.25) is 0 Å². The Kier molecular flexibility index (Phi) is 4.17. The van der Waals surface area contributed by atoms with E-state index in [0.29, 0.717) is 11.6 Å². The number of hydrogen-bond acceptors (Lipinski definition) is 2. The van der Waals surface area contributed by atoms with Crippen molar-refractivity contribution in [2.45, 2.75) is 25.7 Å². The summed E-state index contributed by atoms with van der Waals surface area (Å²) in [4.78, 5) is 12.9. The smallest absolute Gasteiger partial charge is 0.274 e. The number of carbonyl (C=O) groups is 1. The third-order valence-electron chi connectivity index (χ3n) is 4.33. The highest BCUT2D eigenvalue weighted by molar-refractivity contribution is 9.10. The number of nitrogens with one attached hydrogen (secondary N) is 1. The molecule has 3 aromatic rings. The van der Waals surface area contributed by atoms with Gasteiger partial charge in [0.15, 0.2) is 0 Å². The summed E-state index contributed by atoms with van der Waals surface area (Å²) in [6.07, 6.45) is 2.30. The zero-order chi connectivity index (χ0) is 17.4. The highest BCUT2D eigenvalue weighted by atomic mass is 79.9. The summed E-state index contributed by atoms with van der Waals surface area (Å²) in [6, 6.07) is 17.6. The molecule has 0 atom stereocenters. The number of para-hydroxylation sites is 1. The SMILES string of the molecule is Cc1ccc(NC(=O)c2cc(C3CC3)nn2-c2ccccc2)c(Br)c1. The lowest BCUT2D eigenvalue weighted by atomic mass is 10.2. The molecule has 1 fully saturated rings. The predicted octanol–water partition coefficient (Wildman–Crippen LogP) is 5.07. The maximum absolute atomic E-state index is 12.9. The van der Waals surface area contributed by atoms with Gasteiger partial charge in [0.1, 0.15) is 5.69 Å². The summed E-state index contributed by atoms with van der Waals surface area (Å²) in [5.74, 6) is 0.329. The van der Waals surface area contributed by atoms with Crippen LogP contribution in [-0.4, -0.2) is 15.7 Å². The van der Waals surface area contributed by atoms with Gasteiger partial charge in [-0.25, -0.2) is 4.68 Å². The maximum atomic E-state index is 12.9. The molecule has 1 saturated carbocycles. The summed E-state index contributed by atoms with van der Waals surface area (Å²) in [5, 5.41) is 7.68. The molecule has 1 aliphatic rings. The molecule has 4 nitrogen and oxygen atoms in total. The van der Waals surface area contributed by atoms with E-state index in [1.807, 2.05) is 61.5 Å². The Balaban J connectivity index is 1.69. The first kappa shape index (κ1) is 16.1. The first-order chi connectivity index (χ1) is 12.1. The molecule has 0 bridgehead atoms. The van der Waals surface area contributed by atoms with Crippen molar-refractivity contribution >= 4 is 27.5 Å². The van der Waals surface area contributed by atoms with Crippen LogP contribution >= 0.6 is 15.9 Å². The quantitative estimate of drug-likeness (QED) is 0.669. The minimum Gasteiger partial charge on any atom is -0.320 e. The number of benzene rings is 2. The minimum atomic E-state index is -0.159. The molecule has 2 aromatic carbocycles. The van der Waals surface area contributed by atoms with Crippen LogP contribution in [0.3, 0.4) is 0 Å². The highest BCUT2D eigenvalue weighted by Crippen LogP contribution is 2.39. The number of nitrogens with zero attached hydrogens (tertiary/aromatic N) is 2. The first-order valence-corrected chi connectivity index (χ1v) is 9.14. The molecule has 4 rings (SSSR count). The predicted molar refractivity (Wildman–Crippen MR) is 102 cm³/mol. The second-order valence-electron chi connectivity index (χ2n) is 6.41. The van der Waals surface area contributed by atoms with Gasteiger partial charge in [-0.05, 0) is 71.6 Å².